The van der Waals surface area contributed by atoms with E-state index in [1.807, 2.05) is 0 Å². The Bertz CT molecular complexity index is 1560. The van der Waals surface area contributed by atoms with Gasteiger partial charge in [0, 0.05) is 17.3 Å². The highest BCUT2D eigenvalue weighted by molar-refractivity contribution is 7.89. The standard InChI is InChI=1S/C21H23ClF3N7O3S.C2HF3O2/c1-35-16-3-2-11(8-17(16)36(33,34)32-12-4-6-27-7-5-12)18-14(21(23,24)25)9-13(10-15(18)22)28-20-29-19(26)30-31-20;3-2(4,5)1(6)7/h2-3,8-10,12,27,32H,4-7H2,1H3,(H4,26,28,29,30,31);(H,6,7). The molecule has 20 heteroatoms. The minimum Gasteiger partial charge on any atom is -0.495 e. The number of sulfonamides is 1. The summed E-state index contributed by atoms with van der Waals surface area (Å²) in [5.74, 6) is -2.84. The number of hydrogen-bond donors (Lipinski definition) is 6. The average molecular weight is 660 g/mol. The van der Waals surface area contributed by atoms with Gasteiger partial charge in [-0.3, -0.25) is 0 Å². The third-order valence-corrected chi connectivity index (χ3v) is 7.64. The summed E-state index contributed by atoms with van der Waals surface area (Å²) in [6.07, 6.45) is -8.74. The SMILES string of the molecule is COc1ccc(-c2c(Cl)cc(Nc3n[nH]c(N)n3)cc2C(F)(F)F)cc1S(=O)(=O)NC1CCNCC1.O=C(O)C(F)(F)F. The molecule has 43 heavy (non-hydrogen) atoms. The molecule has 1 fully saturated rings. The molecule has 0 aliphatic carbocycles. The first-order chi connectivity index (χ1) is 19.9. The molecule has 1 aromatic heterocycles. The number of anilines is 3. The number of benzene rings is 2. The Balaban J connectivity index is 0.000000646. The molecule has 2 aromatic carbocycles. The molecule has 1 aliphatic heterocycles. The van der Waals surface area contributed by atoms with Crippen LogP contribution in [0.25, 0.3) is 11.1 Å². The van der Waals surface area contributed by atoms with Crippen LogP contribution in [0.4, 0.5) is 43.9 Å². The van der Waals surface area contributed by atoms with Gasteiger partial charge in [-0.05, 0) is 55.8 Å². The number of carboxylic acid groups (broad SMARTS) is 1. The Morgan fingerprint density at radius 3 is 2.28 bits per heavy atom. The number of aromatic nitrogens is 3. The van der Waals surface area contributed by atoms with Crippen molar-refractivity contribution in [2.24, 2.45) is 0 Å². The van der Waals surface area contributed by atoms with E-state index < -0.39 is 33.9 Å². The van der Waals surface area contributed by atoms with Crippen LogP contribution in [0.15, 0.2) is 35.2 Å². The number of nitrogens with one attached hydrogen (secondary N) is 4. The number of nitrogen functional groups attached to an aromatic ring is 1. The number of halogens is 7. The van der Waals surface area contributed by atoms with Crippen molar-refractivity contribution in [3.8, 4) is 16.9 Å². The molecule has 0 saturated carbocycles. The van der Waals surface area contributed by atoms with Gasteiger partial charge in [-0.2, -0.15) is 31.3 Å². The lowest BCUT2D eigenvalue weighted by Gasteiger charge is -2.24. The van der Waals surface area contributed by atoms with Crippen molar-refractivity contribution < 1.29 is 49.4 Å². The minimum absolute atomic E-state index is 0.00894. The fourth-order valence-electron chi connectivity index (χ4n) is 3.92. The lowest BCUT2D eigenvalue weighted by Crippen LogP contribution is -2.42. The molecular formula is C23H24ClF6N7O5S. The second kappa shape index (κ2) is 13.2. The number of carbonyl (C=O) groups is 1. The van der Waals surface area contributed by atoms with E-state index in [-0.39, 0.29) is 50.4 Å². The Labute approximate surface area is 245 Å². The molecule has 7 N–H and O–H groups in total. The zero-order chi connectivity index (χ0) is 32.2. The van der Waals surface area contributed by atoms with E-state index in [4.69, 9.17) is 32.0 Å². The summed E-state index contributed by atoms with van der Waals surface area (Å²) in [7, 11) is -2.83. The number of H-pyrrole nitrogens is 1. The maximum atomic E-state index is 14.1. The van der Waals surface area contributed by atoms with Crippen LogP contribution in [0.5, 0.6) is 5.75 Å². The first kappa shape index (κ1) is 33.7. The van der Waals surface area contributed by atoms with E-state index >= 15 is 0 Å². The van der Waals surface area contributed by atoms with Crippen LogP contribution in [0.1, 0.15) is 18.4 Å². The molecule has 236 valence electrons. The van der Waals surface area contributed by atoms with Crippen LogP contribution in [0.2, 0.25) is 5.02 Å². The van der Waals surface area contributed by atoms with E-state index in [2.05, 4.69) is 30.5 Å². The van der Waals surface area contributed by atoms with Crippen molar-refractivity contribution in [1.82, 2.24) is 25.2 Å². The van der Waals surface area contributed by atoms with Gasteiger partial charge in [-0.25, -0.2) is 23.0 Å². The molecule has 3 aromatic rings. The fourth-order valence-corrected chi connectivity index (χ4v) is 5.75. The van der Waals surface area contributed by atoms with Gasteiger partial charge < -0.3 is 26.2 Å². The summed E-state index contributed by atoms with van der Waals surface area (Å²) in [5, 5.41) is 18.7. The number of alkyl halides is 6. The zero-order valence-electron chi connectivity index (χ0n) is 21.9. The van der Waals surface area contributed by atoms with Crippen molar-refractivity contribution >= 4 is 45.2 Å². The number of piperidine rings is 1. The number of carboxylic acids is 1. The molecule has 0 radical (unpaired) electrons. The number of rotatable bonds is 7. The molecule has 0 bridgehead atoms. The van der Waals surface area contributed by atoms with Gasteiger partial charge in [-0.1, -0.05) is 17.7 Å². The largest absolute Gasteiger partial charge is 0.495 e. The van der Waals surface area contributed by atoms with Crippen molar-refractivity contribution in [1.29, 1.82) is 0 Å². The molecule has 12 nitrogen and oxygen atoms in total. The Hall–Kier alpha value is -3.81. The molecule has 4 rings (SSSR count). The summed E-state index contributed by atoms with van der Waals surface area (Å²) in [6, 6.07) is 5.52. The van der Waals surface area contributed by atoms with Crippen LogP contribution in [0, 0.1) is 0 Å². The summed E-state index contributed by atoms with van der Waals surface area (Å²) < 4.78 is 108. The van der Waals surface area contributed by atoms with Gasteiger partial charge in [0.1, 0.15) is 10.6 Å². The Kier molecular flexibility index (Phi) is 10.4. The molecule has 0 amide bonds. The highest BCUT2D eigenvalue weighted by Crippen LogP contribution is 2.44. The highest BCUT2D eigenvalue weighted by atomic mass is 35.5. The summed E-state index contributed by atoms with van der Waals surface area (Å²) in [5.41, 5.74) is 3.90. The maximum absolute atomic E-state index is 14.1. The van der Waals surface area contributed by atoms with Crippen molar-refractivity contribution in [2.45, 2.75) is 36.1 Å². The van der Waals surface area contributed by atoms with Crippen LogP contribution in [0.3, 0.4) is 0 Å². The van der Waals surface area contributed by atoms with Crippen LogP contribution >= 0.6 is 11.6 Å². The van der Waals surface area contributed by atoms with E-state index in [1.54, 1.807) is 0 Å². The predicted octanol–water partition coefficient (Wildman–Crippen LogP) is 4.14. The number of ether oxygens (including phenoxy) is 1. The first-order valence-electron chi connectivity index (χ1n) is 12.0. The lowest BCUT2D eigenvalue weighted by molar-refractivity contribution is -0.192. The third-order valence-electron chi connectivity index (χ3n) is 5.80. The van der Waals surface area contributed by atoms with Crippen LogP contribution < -0.4 is 25.8 Å². The van der Waals surface area contributed by atoms with E-state index in [0.717, 1.165) is 12.1 Å². The normalized spacial score (nSPS) is 14.5. The second-order valence-electron chi connectivity index (χ2n) is 8.86. The van der Waals surface area contributed by atoms with E-state index in [0.29, 0.717) is 25.9 Å². The molecule has 0 atom stereocenters. The lowest BCUT2D eigenvalue weighted by atomic mass is 9.98. The molecule has 0 unspecified atom stereocenters. The first-order valence-corrected chi connectivity index (χ1v) is 13.9. The van der Waals surface area contributed by atoms with Gasteiger partial charge in [0.05, 0.1) is 17.7 Å². The average Bonchev–Trinajstić information content (AvgIpc) is 3.32. The number of aliphatic carboxylic acids is 1. The topological polar surface area (TPSA) is 184 Å². The maximum Gasteiger partial charge on any atom is 0.490 e. The number of nitrogens with two attached hydrogens (primary N) is 1. The van der Waals surface area contributed by atoms with Gasteiger partial charge in [0.25, 0.3) is 0 Å². The molecule has 1 saturated heterocycles. The number of hydrogen-bond acceptors (Lipinski definition) is 9. The predicted molar refractivity (Wildman–Crippen MR) is 142 cm³/mol. The summed E-state index contributed by atoms with van der Waals surface area (Å²) in [6.45, 7) is 1.30. The smallest absolute Gasteiger partial charge is 0.490 e. The highest BCUT2D eigenvalue weighted by Gasteiger charge is 2.38. The third kappa shape index (κ3) is 8.85. The van der Waals surface area contributed by atoms with Gasteiger partial charge in [-0.15, -0.1) is 5.10 Å². The zero-order valence-corrected chi connectivity index (χ0v) is 23.5. The van der Waals surface area contributed by atoms with E-state index in [1.165, 1.54) is 25.3 Å². The second-order valence-corrected chi connectivity index (χ2v) is 11.0. The Morgan fingerprint density at radius 1 is 1.14 bits per heavy atom. The minimum atomic E-state index is -5.08. The van der Waals surface area contributed by atoms with Crippen molar-refractivity contribution in [2.75, 3.05) is 31.2 Å². The number of nitrogens with zero attached hydrogens (tertiary/aromatic N) is 2. The summed E-state index contributed by atoms with van der Waals surface area (Å²) in [4.78, 5) is 12.4. The molecule has 1 aliphatic rings. The number of aromatic amines is 1. The van der Waals surface area contributed by atoms with Crippen molar-refractivity contribution in [3.63, 3.8) is 0 Å². The van der Waals surface area contributed by atoms with Crippen molar-refractivity contribution in [3.05, 3.63) is 40.9 Å². The van der Waals surface area contributed by atoms with Crippen LogP contribution in [-0.4, -0.2) is 67.1 Å². The quantitative estimate of drug-likeness (QED) is 0.202. The number of methoxy groups -OCH3 is 1. The molecule has 0 spiro atoms. The van der Waals surface area contributed by atoms with Gasteiger partial charge in [0.2, 0.25) is 21.9 Å². The van der Waals surface area contributed by atoms with Crippen LogP contribution in [-0.2, 0) is 21.0 Å². The van der Waals surface area contributed by atoms with Gasteiger partial charge in [0.15, 0.2) is 0 Å². The van der Waals surface area contributed by atoms with Gasteiger partial charge >= 0.3 is 18.3 Å². The molecular weight excluding hydrogens is 636 g/mol. The summed E-state index contributed by atoms with van der Waals surface area (Å²) >= 11 is 6.33. The molecule has 2 heterocycles. The van der Waals surface area contributed by atoms with E-state index in [9.17, 15) is 34.8 Å². The Morgan fingerprint density at radius 2 is 1.77 bits per heavy atom. The monoisotopic (exact) mass is 659 g/mol. The fraction of sp³-hybridized carbons (Fsp3) is 0.348.